The van der Waals surface area contributed by atoms with Crippen molar-refractivity contribution in [2.75, 3.05) is 19.6 Å². The predicted molar refractivity (Wildman–Crippen MR) is 118 cm³/mol. The smallest absolute Gasteiger partial charge is 0.217 e. The molecule has 0 unspecified atom stereocenters. The molecule has 0 aromatic carbocycles. The normalized spacial score (nSPS) is 20.7. The first kappa shape index (κ1) is 20.7. The third-order valence-electron chi connectivity index (χ3n) is 6.04. The maximum atomic E-state index is 11.1. The highest BCUT2D eigenvalue weighted by Crippen LogP contribution is 2.33. The van der Waals surface area contributed by atoms with E-state index in [-0.39, 0.29) is 5.91 Å². The second-order valence-electron chi connectivity index (χ2n) is 8.21. The highest BCUT2D eigenvalue weighted by molar-refractivity contribution is 5.72. The topological polar surface area (TPSA) is 70.2 Å². The van der Waals surface area contributed by atoms with Crippen LogP contribution in [0.4, 0.5) is 0 Å². The summed E-state index contributed by atoms with van der Waals surface area (Å²) in [5, 5.41) is 6.53. The fourth-order valence-electron chi connectivity index (χ4n) is 4.55. The largest absolute Gasteiger partial charge is 0.353 e. The summed E-state index contributed by atoms with van der Waals surface area (Å²) in [7, 11) is 0. The predicted octanol–water partition coefficient (Wildman–Crippen LogP) is 2.56. The minimum Gasteiger partial charge on any atom is -0.353 e. The zero-order valence-electron chi connectivity index (χ0n) is 17.7. The van der Waals surface area contributed by atoms with Crippen LogP contribution in [0.25, 0.3) is 0 Å². The molecule has 0 fully saturated rings. The summed E-state index contributed by atoms with van der Waals surface area (Å²) in [6, 6.07) is 9.13. The van der Waals surface area contributed by atoms with E-state index in [0.717, 1.165) is 38.9 Å². The summed E-state index contributed by atoms with van der Waals surface area (Å²) in [6.07, 6.45) is 12.4. The number of hydrogen-bond donors (Lipinski definition) is 2. The van der Waals surface area contributed by atoms with E-state index in [1.54, 1.807) is 6.92 Å². The number of fused-ring (bicyclic) bond motifs is 2. The van der Waals surface area contributed by atoms with Crippen LogP contribution in [0, 0.1) is 0 Å². The van der Waals surface area contributed by atoms with Crippen molar-refractivity contribution in [1.82, 2.24) is 25.5 Å². The van der Waals surface area contributed by atoms with Crippen molar-refractivity contribution in [3.8, 4) is 0 Å². The molecule has 4 rings (SSSR count). The van der Waals surface area contributed by atoms with Crippen LogP contribution >= 0.6 is 0 Å². The number of aromatic nitrogens is 2. The summed E-state index contributed by atoms with van der Waals surface area (Å²) in [4.78, 5) is 23.0. The van der Waals surface area contributed by atoms with E-state index in [2.05, 4.69) is 38.7 Å². The van der Waals surface area contributed by atoms with E-state index < -0.39 is 0 Å². The highest BCUT2D eigenvalue weighted by atomic mass is 16.1. The van der Waals surface area contributed by atoms with E-state index in [9.17, 15) is 4.79 Å². The van der Waals surface area contributed by atoms with E-state index in [0.29, 0.717) is 18.6 Å². The van der Waals surface area contributed by atoms with Crippen LogP contribution in [-0.2, 0) is 24.2 Å². The molecular formula is C24H31N5O. The van der Waals surface area contributed by atoms with Crippen molar-refractivity contribution in [2.24, 2.45) is 0 Å². The van der Waals surface area contributed by atoms with Gasteiger partial charge in [0.05, 0.1) is 11.7 Å². The lowest BCUT2D eigenvalue weighted by atomic mass is 9.90. The van der Waals surface area contributed by atoms with Gasteiger partial charge in [0.15, 0.2) is 0 Å². The molecule has 0 bridgehead atoms. The maximum Gasteiger partial charge on any atom is 0.217 e. The number of carbonyl (C=O) groups excluding carboxylic acids is 1. The number of pyridine rings is 2. The molecule has 0 spiro atoms. The molecule has 3 heterocycles. The zero-order chi connectivity index (χ0) is 20.8. The minimum atomic E-state index is -0.000477. The summed E-state index contributed by atoms with van der Waals surface area (Å²) < 4.78 is 0. The lowest BCUT2D eigenvalue weighted by Gasteiger charge is -2.37. The van der Waals surface area contributed by atoms with Gasteiger partial charge in [0.1, 0.15) is 0 Å². The van der Waals surface area contributed by atoms with E-state index >= 15 is 0 Å². The molecule has 1 aliphatic heterocycles. The van der Waals surface area contributed by atoms with Crippen molar-refractivity contribution in [2.45, 2.75) is 51.2 Å². The Balaban J connectivity index is 1.49. The fourth-order valence-corrected chi connectivity index (χ4v) is 4.55. The zero-order valence-corrected chi connectivity index (χ0v) is 17.7. The molecule has 6 heteroatoms. The van der Waals surface area contributed by atoms with Crippen molar-refractivity contribution >= 4 is 5.91 Å². The van der Waals surface area contributed by atoms with Gasteiger partial charge in [0, 0.05) is 63.7 Å². The molecule has 1 amide bonds. The van der Waals surface area contributed by atoms with Gasteiger partial charge in [-0.3, -0.25) is 19.7 Å². The quantitative estimate of drug-likeness (QED) is 0.693. The highest BCUT2D eigenvalue weighted by Gasteiger charge is 2.29. The number of nitrogens with one attached hydrogen (secondary N) is 2. The molecule has 0 radical (unpaired) electrons. The number of carbonyl (C=O) groups is 1. The van der Waals surface area contributed by atoms with Gasteiger partial charge < -0.3 is 10.6 Å². The molecule has 2 aromatic rings. The summed E-state index contributed by atoms with van der Waals surface area (Å²) in [5.74, 6) is -0.000477. The first-order valence-electron chi connectivity index (χ1n) is 10.9. The third kappa shape index (κ3) is 5.12. The molecule has 2 N–H and O–H groups in total. The van der Waals surface area contributed by atoms with Gasteiger partial charge in [0.25, 0.3) is 0 Å². The average molecular weight is 406 g/mol. The summed E-state index contributed by atoms with van der Waals surface area (Å²) in [6.45, 7) is 4.78. The number of hydrogen-bond acceptors (Lipinski definition) is 5. The second-order valence-corrected chi connectivity index (χ2v) is 8.21. The van der Waals surface area contributed by atoms with Gasteiger partial charge in [-0.2, -0.15) is 0 Å². The third-order valence-corrected chi connectivity index (χ3v) is 6.04. The van der Waals surface area contributed by atoms with Crippen molar-refractivity contribution < 1.29 is 4.79 Å². The Hall–Kier alpha value is -2.57. The van der Waals surface area contributed by atoms with E-state index in [1.165, 1.54) is 28.9 Å². The Kier molecular flexibility index (Phi) is 6.87. The Bertz CT molecular complexity index is 897. The van der Waals surface area contributed by atoms with E-state index in [4.69, 9.17) is 4.98 Å². The Morgan fingerprint density at radius 2 is 2.07 bits per heavy atom. The minimum absolute atomic E-state index is 0.000477. The lowest BCUT2D eigenvalue weighted by molar-refractivity contribution is -0.118. The molecule has 0 saturated heterocycles. The summed E-state index contributed by atoms with van der Waals surface area (Å²) >= 11 is 0. The molecule has 158 valence electrons. The van der Waals surface area contributed by atoms with Crippen LogP contribution in [0.5, 0.6) is 0 Å². The summed E-state index contributed by atoms with van der Waals surface area (Å²) in [5.41, 5.74) is 5.13. The average Bonchev–Trinajstić information content (AvgIpc) is 2.77. The van der Waals surface area contributed by atoms with Gasteiger partial charge in [-0.1, -0.05) is 24.3 Å². The van der Waals surface area contributed by atoms with Crippen LogP contribution in [0.15, 0.2) is 48.8 Å². The lowest BCUT2D eigenvalue weighted by Crippen LogP contribution is -2.46. The molecular weight excluding hydrogens is 374 g/mol. The first-order chi connectivity index (χ1) is 14.7. The number of aryl methyl sites for hydroxylation is 1. The number of nitrogens with zero attached hydrogens (tertiary/aromatic N) is 3. The van der Waals surface area contributed by atoms with Gasteiger partial charge in [-0.15, -0.1) is 0 Å². The standard InChI is InChI=1S/C24H31N5O/c1-18(30)25-11-2-3-14-29(23-10-4-7-19-8-5-13-27-24(19)23)17-21-15-22-20(16-28-21)9-6-12-26-22/h2-3,5-6,8-9,12-13,21,23,28H,4,7,10-11,14-17H2,1H3,(H,25,30)/b3-2-/t21-,23+/m1/s1. The molecule has 2 aromatic heterocycles. The monoisotopic (exact) mass is 405 g/mol. The first-order valence-corrected chi connectivity index (χ1v) is 10.9. The van der Waals surface area contributed by atoms with Gasteiger partial charge in [-0.05, 0) is 42.5 Å². The maximum absolute atomic E-state index is 11.1. The Labute approximate surface area is 178 Å². The number of rotatable bonds is 7. The molecule has 30 heavy (non-hydrogen) atoms. The fraction of sp³-hybridized carbons (Fsp3) is 0.458. The Morgan fingerprint density at radius 3 is 2.93 bits per heavy atom. The molecule has 0 saturated carbocycles. The van der Waals surface area contributed by atoms with E-state index in [1.807, 2.05) is 30.6 Å². The van der Waals surface area contributed by atoms with Crippen molar-refractivity contribution in [3.05, 3.63) is 71.3 Å². The van der Waals surface area contributed by atoms with Gasteiger partial charge in [0.2, 0.25) is 5.91 Å². The van der Waals surface area contributed by atoms with Crippen LogP contribution in [0.2, 0.25) is 0 Å². The molecule has 1 aliphatic carbocycles. The SMILES string of the molecule is CC(=O)NC/C=C\CN(C[C@H]1Cc2ncccc2CN1)[C@H]1CCCc2cccnc21. The number of amides is 1. The molecule has 2 atom stereocenters. The van der Waals surface area contributed by atoms with Crippen molar-refractivity contribution in [3.63, 3.8) is 0 Å². The van der Waals surface area contributed by atoms with Crippen LogP contribution in [0.3, 0.4) is 0 Å². The molecule has 6 nitrogen and oxygen atoms in total. The van der Waals surface area contributed by atoms with Crippen LogP contribution in [-0.4, -0.2) is 46.5 Å². The van der Waals surface area contributed by atoms with Gasteiger partial charge >= 0.3 is 0 Å². The Morgan fingerprint density at radius 1 is 1.23 bits per heavy atom. The second kappa shape index (κ2) is 9.96. The van der Waals surface area contributed by atoms with Crippen LogP contribution < -0.4 is 10.6 Å². The molecule has 2 aliphatic rings. The van der Waals surface area contributed by atoms with Gasteiger partial charge in [-0.25, -0.2) is 0 Å². The van der Waals surface area contributed by atoms with Crippen molar-refractivity contribution in [1.29, 1.82) is 0 Å². The van der Waals surface area contributed by atoms with Crippen LogP contribution in [0.1, 0.15) is 48.3 Å².